The van der Waals surface area contributed by atoms with Crippen LogP contribution < -0.4 is 5.32 Å². The molecule has 0 aliphatic heterocycles. The molecule has 1 amide bonds. The van der Waals surface area contributed by atoms with Gasteiger partial charge in [-0.2, -0.15) is 0 Å². The second-order valence-corrected chi connectivity index (χ2v) is 14.7. The van der Waals surface area contributed by atoms with Crippen LogP contribution in [0.3, 0.4) is 0 Å². The van der Waals surface area contributed by atoms with Crippen LogP contribution in [0.2, 0.25) is 0 Å². The average molecular weight is 604 g/mol. The van der Waals surface area contributed by atoms with Crippen LogP contribution in [0.4, 0.5) is 4.79 Å². The van der Waals surface area contributed by atoms with E-state index < -0.39 is 29.8 Å². The summed E-state index contributed by atoms with van der Waals surface area (Å²) >= 11 is 0. The molecule has 43 heavy (non-hydrogen) atoms. The standard InChI is InChI=1S/C37H65NO5/c1-7-8-9-10-11-12-13-14-15-16-17-18-19-20-21-22-26-31(38-35(41)43-36(3,4)5)34(40)42-32-28-37(6)27-24-23-25-30(37)29(2)33(32)39/h31-32H,7-28H2,1-6H3,(H,38,41)/t31?,32-,37-/m0/s1. The van der Waals surface area contributed by atoms with Crippen LogP contribution in [0.1, 0.15) is 183 Å². The van der Waals surface area contributed by atoms with Gasteiger partial charge in [-0.05, 0) is 64.4 Å². The monoisotopic (exact) mass is 603 g/mol. The number of carbonyl (C=O) groups excluding carboxylic acids is 3. The quantitative estimate of drug-likeness (QED) is 0.111. The highest BCUT2D eigenvalue weighted by atomic mass is 16.6. The molecule has 1 saturated carbocycles. The van der Waals surface area contributed by atoms with E-state index in [1.807, 2.05) is 6.92 Å². The molecule has 3 atom stereocenters. The van der Waals surface area contributed by atoms with Crippen molar-refractivity contribution < 1.29 is 23.9 Å². The minimum absolute atomic E-state index is 0.0823. The Morgan fingerprint density at radius 1 is 0.860 bits per heavy atom. The maximum Gasteiger partial charge on any atom is 0.408 e. The fraction of sp³-hybridized carbons (Fsp3) is 0.865. The SMILES string of the molecule is CCCCCCCCCCCCCCCCCCC(NC(=O)OC(C)(C)C)C(=O)O[C@H]1C[C@]2(C)CCCCC2=C(C)C1=O. The summed E-state index contributed by atoms with van der Waals surface area (Å²) in [6.07, 6.45) is 24.3. The van der Waals surface area contributed by atoms with Crippen molar-refractivity contribution >= 4 is 17.8 Å². The van der Waals surface area contributed by atoms with Gasteiger partial charge >= 0.3 is 12.1 Å². The Morgan fingerprint density at radius 3 is 1.88 bits per heavy atom. The molecule has 2 rings (SSSR count). The van der Waals surface area contributed by atoms with Crippen LogP contribution in [-0.2, 0) is 19.1 Å². The first-order valence-electron chi connectivity index (χ1n) is 17.9. The van der Waals surface area contributed by atoms with E-state index in [0.717, 1.165) is 50.5 Å². The zero-order valence-electron chi connectivity index (χ0n) is 28.8. The first kappa shape index (κ1) is 37.3. The Hall–Kier alpha value is -1.85. The van der Waals surface area contributed by atoms with Crippen LogP contribution in [0.15, 0.2) is 11.1 Å². The average Bonchev–Trinajstić information content (AvgIpc) is 2.93. The highest BCUT2D eigenvalue weighted by molar-refractivity contribution is 6.01. The molecule has 0 heterocycles. The van der Waals surface area contributed by atoms with Crippen LogP contribution >= 0.6 is 0 Å². The van der Waals surface area contributed by atoms with Gasteiger partial charge in [0.2, 0.25) is 0 Å². The number of nitrogens with one attached hydrogen (secondary N) is 1. The molecule has 248 valence electrons. The van der Waals surface area contributed by atoms with Crippen molar-refractivity contribution in [3.63, 3.8) is 0 Å². The number of ether oxygens (including phenoxy) is 2. The molecule has 0 bridgehead atoms. The third kappa shape index (κ3) is 14.2. The van der Waals surface area contributed by atoms with Gasteiger partial charge in [0.15, 0.2) is 11.9 Å². The minimum atomic E-state index is -0.820. The summed E-state index contributed by atoms with van der Waals surface area (Å²) < 4.78 is 11.3. The van der Waals surface area contributed by atoms with Crippen molar-refractivity contribution in [2.24, 2.45) is 5.41 Å². The number of unbranched alkanes of at least 4 members (excludes halogenated alkanes) is 15. The molecule has 1 N–H and O–H groups in total. The number of fused-ring (bicyclic) bond motifs is 1. The van der Waals surface area contributed by atoms with E-state index in [4.69, 9.17) is 9.47 Å². The maximum absolute atomic E-state index is 13.4. The number of rotatable bonds is 20. The van der Waals surface area contributed by atoms with E-state index >= 15 is 0 Å². The Bertz CT molecular complexity index is 888. The third-order valence-corrected chi connectivity index (χ3v) is 9.46. The van der Waals surface area contributed by atoms with E-state index in [9.17, 15) is 14.4 Å². The lowest BCUT2D eigenvalue weighted by Crippen LogP contribution is -2.48. The lowest BCUT2D eigenvalue weighted by molar-refractivity contribution is -0.158. The first-order valence-corrected chi connectivity index (χ1v) is 17.9. The zero-order chi connectivity index (χ0) is 31.7. The number of ketones is 1. The van der Waals surface area contributed by atoms with Crippen molar-refractivity contribution in [1.82, 2.24) is 5.32 Å². The summed E-state index contributed by atoms with van der Waals surface area (Å²) in [5.74, 6) is -0.609. The molecule has 2 aliphatic rings. The molecule has 1 fully saturated rings. The topological polar surface area (TPSA) is 81.7 Å². The molecule has 2 aliphatic carbocycles. The molecule has 1 unspecified atom stereocenters. The molecule has 0 aromatic carbocycles. The van der Waals surface area contributed by atoms with Gasteiger partial charge in [-0.15, -0.1) is 0 Å². The molecule has 6 heteroatoms. The van der Waals surface area contributed by atoms with E-state index in [-0.39, 0.29) is 11.2 Å². The summed E-state index contributed by atoms with van der Waals surface area (Å²) in [7, 11) is 0. The van der Waals surface area contributed by atoms with Gasteiger partial charge in [-0.3, -0.25) is 4.79 Å². The molecule has 0 aromatic heterocycles. The number of hydrogen-bond acceptors (Lipinski definition) is 5. The van der Waals surface area contributed by atoms with Gasteiger partial charge in [0.1, 0.15) is 11.6 Å². The predicted molar refractivity (Wildman–Crippen MR) is 176 cm³/mol. The highest BCUT2D eigenvalue weighted by Gasteiger charge is 2.44. The second-order valence-electron chi connectivity index (χ2n) is 14.7. The van der Waals surface area contributed by atoms with Crippen molar-refractivity contribution in [2.75, 3.05) is 0 Å². The maximum atomic E-state index is 13.4. The lowest BCUT2D eigenvalue weighted by atomic mass is 9.63. The number of esters is 1. The van der Waals surface area contributed by atoms with Crippen LogP contribution in [0.5, 0.6) is 0 Å². The fourth-order valence-electron chi connectivity index (χ4n) is 6.94. The number of alkyl carbamates (subject to hydrolysis) is 1. The molecule has 0 aromatic rings. The van der Waals surface area contributed by atoms with Gasteiger partial charge in [0.05, 0.1) is 0 Å². The molecule has 0 radical (unpaired) electrons. The summed E-state index contributed by atoms with van der Waals surface area (Å²) in [5.41, 5.74) is 1.25. The van der Waals surface area contributed by atoms with E-state index in [0.29, 0.717) is 12.8 Å². The summed E-state index contributed by atoms with van der Waals surface area (Å²) in [6, 6.07) is -0.820. The van der Waals surface area contributed by atoms with Crippen LogP contribution in [0, 0.1) is 5.41 Å². The van der Waals surface area contributed by atoms with Gasteiger partial charge < -0.3 is 14.8 Å². The second kappa shape index (κ2) is 19.5. The smallest absolute Gasteiger partial charge is 0.408 e. The summed E-state index contributed by atoms with van der Waals surface area (Å²) in [5, 5.41) is 2.75. The molecular weight excluding hydrogens is 538 g/mol. The van der Waals surface area contributed by atoms with Crippen molar-refractivity contribution in [2.45, 2.75) is 201 Å². The highest BCUT2D eigenvalue weighted by Crippen LogP contribution is 2.49. The fourth-order valence-corrected chi connectivity index (χ4v) is 6.94. The number of Topliss-reactive ketones (excluding diaryl/α,β-unsaturated/α-hetero) is 1. The number of amides is 1. The van der Waals surface area contributed by atoms with E-state index in [1.165, 1.54) is 89.0 Å². The molecule has 0 saturated heterocycles. The Kier molecular flexibility index (Phi) is 16.9. The molecule has 6 nitrogen and oxygen atoms in total. The Labute approximate surface area is 263 Å². The van der Waals surface area contributed by atoms with Gasteiger partial charge in [-0.25, -0.2) is 9.59 Å². The van der Waals surface area contributed by atoms with Crippen molar-refractivity contribution in [3.8, 4) is 0 Å². The minimum Gasteiger partial charge on any atom is -0.452 e. The van der Waals surface area contributed by atoms with Crippen molar-refractivity contribution in [1.29, 1.82) is 0 Å². The lowest BCUT2D eigenvalue weighted by Gasteiger charge is -2.43. The normalized spacial score (nSPS) is 21.3. The van der Waals surface area contributed by atoms with Gasteiger partial charge in [-0.1, -0.05) is 129 Å². The largest absolute Gasteiger partial charge is 0.452 e. The Morgan fingerprint density at radius 2 is 1.37 bits per heavy atom. The zero-order valence-corrected chi connectivity index (χ0v) is 28.8. The third-order valence-electron chi connectivity index (χ3n) is 9.46. The van der Waals surface area contributed by atoms with Gasteiger partial charge in [0.25, 0.3) is 0 Å². The summed E-state index contributed by atoms with van der Waals surface area (Å²) in [4.78, 5) is 39.1. The van der Waals surface area contributed by atoms with Gasteiger partial charge in [0, 0.05) is 6.42 Å². The van der Waals surface area contributed by atoms with Crippen LogP contribution in [-0.4, -0.2) is 35.6 Å². The molecular formula is C37H65NO5. The van der Waals surface area contributed by atoms with E-state index in [2.05, 4.69) is 19.2 Å². The first-order chi connectivity index (χ1) is 20.5. The summed E-state index contributed by atoms with van der Waals surface area (Å²) in [6.45, 7) is 11.8. The van der Waals surface area contributed by atoms with Crippen molar-refractivity contribution in [3.05, 3.63) is 11.1 Å². The molecule has 0 spiro atoms. The predicted octanol–water partition coefficient (Wildman–Crippen LogP) is 10.3. The van der Waals surface area contributed by atoms with Crippen LogP contribution in [0.25, 0.3) is 0 Å². The van der Waals surface area contributed by atoms with E-state index in [1.54, 1.807) is 20.8 Å². The number of hydrogen-bond donors (Lipinski definition) is 1. The number of allylic oxidation sites excluding steroid dienone is 1. The Balaban J connectivity index is 1.73. The number of carbonyl (C=O) groups is 3.